The number of benzene rings is 1. The molecule has 3 rings (SSSR count). The van der Waals surface area contributed by atoms with Crippen molar-refractivity contribution in [2.45, 2.75) is 12.8 Å². The minimum absolute atomic E-state index is 0.150. The maximum absolute atomic E-state index is 13.6. The standard InChI is InChI=1S/C20H22FN3O3/c1-23-12-14(11-22-23)5-8-19(25)24-9-3-4-15(13-24)20(26)17-10-16(21)6-7-18(17)27-2/h5-8,10-12,15H,3-4,9,13H2,1-2H3/b8-5+/t15-/m1/s1. The van der Waals surface area contributed by atoms with E-state index in [2.05, 4.69) is 5.10 Å². The van der Waals surface area contributed by atoms with Gasteiger partial charge in [0.05, 0.1) is 18.9 Å². The number of carbonyl (C=O) groups excluding carboxylic acids is 2. The molecule has 2 aromatic rings. The van der Waals surface area contributed by atoms with Crippen LogP contribution in [0.15, 0.2) is 36.7 Å². The Hall–Kier alpha value is -2.96. The Kier molecular flexibility index (Phi) is 5.69. The largest absolute Gasteiger partial charge is 0.496 e. The van der Waals surface area contributed by atoms with Crippen LogP contribution < -0.4 is 4.74 Å². The van der Waals surface area contributed by atoms with E-state index in [-0.39, 0.29) is 23.2 Å². The number of ketones is 1. The Morgan fingerprint density at radius 3 is 2.89 bits per heavy atom. The second-order valence-electron chi connectivity index (χ2n) is 6.61. The van der Waals surface area contributed by atoms with Gasteiger partial charge in [0.15, 0.2) is 5.78 Å². The Labute approximate surface area is 157 Å². The Morgan fingerprint density at radius 1 is 1.37 bits per heavy atom. The minimum atomic E-state index is -0.484. The van der Waals surface area contributed by atoms with Crippen molar-refractivity contribution in [3.63, 3.8) is 0 Å². The van der Waals surface area contributed by atoms with Crippen LogP contribution in [-0.2, 0) is 11.8 Å². The normalized spacial score (nSPS) is 17.3. The van der Waals surface area contributed by atoms with E-state index in [1.54, 1.807) is 28.9 Å². The highest BCUT2D eigenvalue weighted by Crippen LogP contribution is 2.27. The zero-order valence-corrected chi connectivity index (χ0v) is 15.4. The first kappa shape index (κ1) is 18.8. The highest BCUT2D eigenvalue weighted by atomic mass is 19.1. The Bertz CT molecular complexity index is 875. The maximum atomic E-state index is 13.6. The fourth-order valence-electron chi connectivity index (χ4n) is 3.28. The van der Waals surface area contributed by atoms with Gasteiger partial charge in [0.25, 0.3) is 0 Å². The summed E-state index contributed by atoms with van der Waals surface area (Å²) in [6, 6.07) is 3.91. The SMILES string of the molecule is COc1ccc(F)cc1C(=O)[C@@H]1CCCN(C(=O)/C=C/c2cnn(C)c2)C1. The van der Waals surface area contributed by atoms with Gasteiger partial charge in [-0.3, -0.25) is 14.3 Å². The summed E-state index contributed by atoms with van der Waals surface area (Å²) in [5.41, 5.74) is 1.06. The number of nitrogens with zero attached hydrogens (tertiary/aromatic N) is 3. The lowest BCUT2D eigenvalue weighted by molar-refractivity contribution is -0.127. The molecule has 1 aromatic carbocycles. The molecule has 6 nitrogen and oxygen atoms in total. The van der Waals surface area contributed by atoms with Crippen molar-refractivity contribution in [2.75, 3.05) is 20.2 Å². The number of methoxy groups -OCH3 is 1. The van der Waals surface area contributed by atoms with E-state index in [4.69, 9.17) is 4.74 Å². The van der Waals surface area contributed by atoms with Gasteiger partial charge in [-0.15, -0.1) is 0 Å². The van der Waals surface area contributed by atoms with Crippen LogP contribution in [0.1, 0.15) is 28.8 Å². The average molecular weight is 371 g/mol. The number of rotatable bonds is 5. The van der Waals surface area contributed by atoms with Crippen LogP contribution in [0, 0.1) is 11.7 Å². The van der Waals surface area contributed by atoms with Crippen molar-refractivity contribution in [2.24, 2.45) is 13.0 Å². The number of carbonyl (C=O) groups is 2. The highest BCUT2D eigenvalue weighted by molar-refractivity contribution is 6.01. The van der Waals surface area contributed by atoms with Gasteiger partial charge in [-0.05, 0) is 37.1 Å². The summed E-state index contributed by atoms with van der Waals surface area (Å²) in [6.45, 7) is 0.912. The number of halogens is 1. The summed E-state index contributed by atoms with van der Waals surface area (Å²) in [7, 11) is 3.25. The summed E-state index contributed by atoms with van der Waals surface area (Å²) in [4.78, 5) is 27.0. The van der Waals surface area contributed by atoms with Gasteiger partial charge in [-0.2, -0.15) is 5.10 Å². The van der Waals surface area contributed by atoms with Gasteiger partial charge >= 0.3 is 0 Å². The first-order valence-corrected chi connectivity index (χ1v) is 8.81. The summed E-state index contributed by atoms with van der Waals surface area (Å²) in [5, 5.41) is 4.05. The monoisotopic (exact) mass is 371 g/mol. The van der Waals surface area contributed by atoms with E-state index in [0.717, 1.165) is 12.0 Å². The summed E-state index contributed by atoms with van der Waals surface area (Å²) < 4.78 is 20.4. The van der Waals surface area contributed by atoms with Crippen LogP contribution in [0.4, 0.5) is 4.39 Å². The molecule has 27 heavy (non-hydrogen) atoms. The average Bonchev–Trinajstić information content (AvgIpc) is 3.10. The van der Waals surface area contributed by atoms with E-state index < -0.39 is 5.82 Å². The van der Waals surface area contributed by atoms with Crippen LogP contribution in [-0.4, -0.2) is 46.6 Å². The molecule has 0 radical (unpaired) electrons. The summed E-state index contributed by atoms with van der Waals surface area (Å²) in [6.07, 6.45) is 8.06. The van der Waals surface area contributed by atoms with Crippen molar-refractivity contribution < 1.29 is 18.7 Å². The molecule has 0 spiro atoms. The molecule has 1 fully saturated rings. The fourth-order valence-corrected chi connectivity index (χ4v) is 3.28. The zero-order chi connectivity index (χ0) is 19.4. The van der Waals surface area contributed by atoms with Gasteiger partial charge in [0.2, 0.25) is 5.91 Å². The molecule has 1 atom stereocenters. The molecular formula is C20H22FN3O3. The van der Waals surface area contributed by atoms with E-state index in [9.17, 15) is 14.0 Å². The van der Waals surface area contributed by atoms with E-state index in [1.807, 2.05) is 6.20 Å². The number of likely N-dealkylation sites (tertiary alicyclic amines) is 1. The predicted molar refractivity (Wildman–Crippen MR) is 98.8 cm³/mol. The van der Waals surface area contributed by atoms with Gasteiger partial charge < -0.3 is 9.64 Å². The van der Waals surface area contributed by atoms with Crippen molar-refractivity contribution >= 4 is 17.8 Å². The smallest absolute Gasteiger partial charge is 0.246 e. The van der Waals surface area contributed by atoms with Crippen LogP contribution in [0.25, 0.3) is 6.08 Å². The van der Waals surface area contributed by atoms with Crippen molar-refractivity contribution in [1.82, 2.24) is 14.7 Å². The number of aromatic nitrogens is 2. The molecule has 1 saturated heterocycles. The van der Waals surface area contributed by atoms with Gasteiger partial charge in [-0.1, -0.05) is 0 Å². The molecule has 0 bridgehead atoms. The molecule has 0 unspecified atom stereocenters. The number of amides is 1. The van der Waals surface area contributed by atoms with Gasteiger partial charge in [0.1, 0.15) is 11.6 Å². The molecule has 142 valence electrons. The number of piperidine rings is 1. The Morgan fingerprint density at radius 2 is 2.19 bits per heavy atom. The predicted octanol–water partition coefficient (Wildman–Crippen LogP) is 2.70. The molecular weight excluding hydrogens is 349 g/mol. The van der Waals surface area contributed by atoms with Crippen molar-refractivity contribution in [3.05, 3.63) is 53.6 Å². The summed E-state index contributed by atoms with van der Waals surface area (Å²) >= 11 is 0. The van der Waals surface area contributed by atoms with Crippen molar-refractivity contribution in [3.8, 4) is 5.75 Å². The molecule has 1 amide bonds. The third kappa shape index (κ3) is 4.42. The van der Waals surface area contributed by atoms with Crippen LogP contribution in [0.3, 0.4) is 0 Å². The number of aryl methyl sites for hydroxylation is 1. The molecule has 1 aliphatic rings. The number of hydrogen-bond acceptors (Lipinski definition) is 4. The first-order chi connectivity index (χ1) is 13.0. The van der Waals surface area contributed by atoms with Gasteiger partial charge in [0, 0.05) is 43.9 Å². The molecule has 7 heteroatoms. The maximum Gasteiger partial charge on any atom is 0.246 e. The third-order valence-corrected chi connectivity index (χ3v) is 4.67. The van der Waals surface area contributed by atoms with Crippen LogP contribution >= 0.6 is 0 Å². The molecule has 2 heterocycles. The Balaban J connectivity index is 1.70. The quantitative estimate of drug-likeness (QED) is 0.599. The van der Waals surface area contributed by atoms with Crippen LogP contribution in [0.2, 0.25) is 0 Å². The lowest BCUT2D eigenvalue weighted by atomic mass is 9.89. The fraction of sp³-hybridized carbons (Fsp3) is 0.350. The number of hydrogen-bond donors (Lipinski definition) is 0. The number of Topliss-reactive ketones (excluding diaryl/α,β-unsaturated/α-hetero) is 1. The minimum Gasteiger partial charge on any atom is -0.496 e. The lowest BCUT2D eigenvalue weighted by Gasteiger charge is -2.31. The third-order valence-electron chi connectivity index (χ3n) is 4.67. The van der Waals surface area contributed by atoms with E-state index in [1.165, 1.54) is 31.4 Å². The molecule has 0 N–H and O–H groups in total. The highest BCUT2D eigenvalue weighted by Gasteiger charge is 2.30. The second kappa shape index (κ2) is 8.16. The topological polar surface area (TPSA) is 64.4 Å². The second-order valence-corrected chi connectivity index (χ2v) is 6.61. The van der Waals surface area contributed by atoms with Crippen LogP contribution in [0.5, 0.6) is 5.75 Å². The number of ether oxygens (including phenoxy) is 1. The molecule has 1 aromatic heterocycles. The molecule has 1 aliphatic heterocycles. The van der Waals surface area contributed by atoms with Crippen molar-refractivity contribution in [1.29, 1.82) is 0 Å². The zero-order valence-electron chi connectivity index (χ0n) is 15.4. The first-order valence-electron chi connectivity index (χ1n) is 8.81. The summed E-state index contributed by atoms with van der Waals surface area (Å²) in [5.74, 6) is -0.850. The molecule has 0 aliphatic carbocycles. The van der Waals surface area contributed by atoms with E-state index in [0.29, 0.717) is 25.3 Å². The van der Waals surface area contributed by atoms with Gasteiger partial charge in [-0.25, -0.2) is 4.39 Å². The van der Waals surface area contributed by atoms with E-state index >= 15 is 0 Å². The lowest BCUT2D eigenvalue weighted by Crippen LogP contribution is -2.41. The molecule has 0 saturated carbocycles.